The number of hydrogen-bond donors (Lipinski definition) is 6. The number of nitrogens with two attached hydrogens (primary N) is 1. The molecule has 1 fully saturated rings. The summed E-state index contributed by atoms with van der Waals surface area (Å²) in [6.45, 7) is 2.44. The molecular weight excluding hydrogens is 422 g/mol. The van der Waals surface area contributed by atoms with Gasteiger partial charge in [0.15, 0.2) is 6.10 Å². The highest BCUT2D eigenvalue weighted by molar-refractivity contribution is 5.93. The number of likely N-dealkylation sites (N-methyl/N-ethyl adjacent to an activating group) is 1. The second-order valence-corrected chi connectivity index (χ2v) is 7.36. The van der Waals surface area contributed by atoms with Crippen molar-refractivity contribution < 1.29 is 34.7 Å². The molecule has 0 bridgehead atoms. The van der Waals surface area contributed by atoms with Crippen LogP contribution >= 0.6 is 0 Å². The highest BCUT2D eigenvalue weighted by Gasteiger charge is 2.54. The van der Waals surface area contributed by atoms with Crippen LogP contribution in [0.3, 0.4) is 0 Å². The fourth-order valence-corrected chi connectivity index (χ4v) is 3.61. The van der Waals surface area contributed by atoms with Crippen molar-refractivity contribution in [2.24, 2.45) is 0 Å². The minimum atomic E-state index is -1.41. The van der Waals surface area contributed by atoms with Crippen LogP contribution in [0.15, 0.2) is 30.6 Å². The SMILES string of the molecule is CCNC(=O)[C@H]1O[C@@H](N2C=[N+]c3c2nc[n+](Cc2ccc(N(O)O)cc2)c3N)[C@H](O)[C@@H]1O. The van der Waals surface area contributed by atoms with Gasteiger partial charge >= 0.3 is 11.5 Å². The van der Waals surface area contributed by atoms with E-state index < -0.39 is 30.4 Å². The van der Waals surface area contributed by atoms with E-state index in [0.29, 0.717) is 30.4 Å². The molecule has 32 heavy (non-hydrogen) atoms. The molecule has 1 aromatic carbocycles. The van der Waals surface area contributed by atoms with Crippen LogP contribution in [-0.2, 0) is 16.1 Å². The van der Waals surface area contributed by atoms with Crippen molar-refractivity contribution in [3.63, 3.8) is 0 Å². The summed E-state index contributed by atoms with van der Waals surface area (Å²) in [6.07, 6.45) is -2.20. The number of aliphatic hydroxyl groups is 2. The molecule has 1 aromatic heterocycles. The third-order valence-corrected chi connectivity index (χ3v) is 5.28. The predicted octanol–water partition coefficient (Wildman–Crippen LogP) is -2.02. The van der Waals surface area contributed by atoms with Gasteiger partial charge in [-0.05, 0) is 29.6 Å². The minimum absolute atomic E-state index is 0.0262. The second kappa shape index (κ2) is 8.64. The highest BCUT2D eigenvalue weighted by Crippen LogP contribution is 2.34. The number of fused-ring (bicyclic) bond motifs is 1. The van der Waals surface area contributed by atoms with Crippen molar-refractivity contribution >= 4 is 35.3 Å². The fourth-order valence-electron chi connectivity index (χ4n) is 3.61. The molecular formula is C19H24N7O6+2. The van der Waals surface area contributed by atoms with E-state index in [2.05, 4.69) is 15.3 Å². The Morgan fingerprint density at radius 3 is 2.69 bits per heavy atom. The molecule has 13 nitrogen and oxygen atoms in total. The third-order valence-electron chi connectivity index (χ3n) is 5.28. The molecule has 7 N–H and O–H groups in total. The Kier molecular flexibility index (Phi) is 5.90. The van der Waals surface area contributed by atoms with Crippen molar-refractivity contribution in [1.82, 2.24) is 15.3 Å². The summed E-state index contributed by atoms with van der Waals surface area (Å²) in [4.78, 5) is 22.2. The normalized spacial score (nSPS) is 24.0. The number of anilines is 3. The number of nitrogen functional groups attached to an aromatic ring is 1. The summed E-state index contributed by atoms with van der Waals surface area (Å²) in [5.74, 6) is 0.100. The maximum Gasteiger partial charge on any atom is 0.355 e. The van der Waals surface area contributed by atoms with Crippen LogP contribution in [0.5, 0.6) is 0 Å². The third kappa shape index (κ3) is 3.83. The largest absolute Gasteiger partial charge is 0.387 e. The van der Waals surface area contributed by atoms with E-state index in [1.165, 1.54) is 29.7 Å². The van der Waals surface area contributed by atoms with Crippen LogP contribution in [0.1, 0.15) is 12.5 Å². The van der Waals surface area contributed by atoms with E-state index in [1.54, 1.807) is 23.6 Å². The molecule has 2 aromatic rings. The van der Waals surface area contributed by atoms with Crippen molar-refractivity contribution in [3.8, 4) is 0 Å². The molecule has 169 valence electrons. The Hall–Kier alpha value is -3.36. The van der Waals surface area contributed by atoms with Gasteiger partial charge in [-0.3, -0.25) is 15.2 Å². The number of carbonyl (C=O) groups excluding carboxylic acids is 1. The highest BCUT2D eigenvalue weighted by atomic mass is 16.8. The van der Waals surface area contributed by atoms with E-state index in [4.69, 9.17) is 20.9 Å². The standard InChI is InChI=1S/C19H23N7O6/c1-2-21-18(29)15-13(27)14(28)19(32-15)25-9-22-12-16(20)24(8-23-17(12)25)7-10-3-5-11(6-4-10)26(30)31/h3-6,8-9,13-15,19-20,27-28,30-31H,2,7H2,1H3,(H,21,29)/q+1/p+1/t13-,14+,15-,19+/m0/s1. The lowest BCUT2D eigenvalue weighted by molar-refractivity contribution is -0.676. The topological polar surface area (TPSA) is 183 Å². The summed E-state index contributed by atoms with van der Waals surface area (Å²) >= 11 is 0. The zero-order valence-corrected chi connectivity index (χ0v) is 17.1. The number of rotatable bonds is 6. The fraction of sp³-hybridized carbons (Fsp3) is 0.368. The number of aliphatic imine (C=N–C) groups is 1. The van der Waals surface area contributed by atoms with Gasteiger partial charge in [-0.15, -0.1) is 5.23 Å². The van der Waals surface area contributed by atoms with Crippen molar-refractivity contribution in [3.05, 3.63) is 36.2 Å². The van der Waals surface area contributed by atoms with Gasteiger partial charge in [0.05, 0.1) is 12.2 Å². The number of hydrogen-bond acceptors (Lipinski definition) is 11. The van der Waals surface area contributed by atoms with E-state index in [9.17, 15) is 15.0 Å². The molecule has 4 rings (SSSR count). The summed E-state index contributed by atoms with van der Waals surface area (Å²) < 4.78 is 7.28. The van der Waals surface area contributed by atoms with Crippen molar-refractivity contribution in [2.75, 3.05) is 22.4 Å². The van der Waals surface area contributed by atoms with E-state index in [1.807, 2.05) is 0 Å². The first-order valence-corrected chi connectivity index (χ1v) is 9.88. The van der Waals surface area contributed by atoms with Gasteiger partial charge in [0.25, 0.3) is 18.1 Å². The van der Waals surface area contributed by atoms with Crippen LogP contribution in [0.25, 0.3) is 0 Å². The Bertz CT molecular complexity index is 1030. The second-order valence-electron chi connectivity index (χ2n) is 7.36. The zero-order valence-electron chi connectivity index (χ0n) is 17.1. The van der Waals surface area contributed by atoms with Crippen LogP contribution in [-0.4, -0.2) is 68.9 Å². The molecule has 0 spiro atoms. The van der Waals surface area contributed by atoms with Crippen LogP contribution in [0.2, 0.25) is 0 Å². The molecule has 0 saturated carbocycles. The first kappa shape index (κ1) is 21.9. The maximum absolute atomic E-state index is 12.1. The minimum Gasteiger partial charge on any atom is -0.387 e. The van der Waals surface area contributed by atoms with E-state index >= 15 is 0 Å². The average molecular weight is 446 g/mol. The van der Waals surface area contributed by atoms with Gasteiger partial charge in [-0.25, -0.2) is 4.57 Å². The molecule has 4 atom stereocenters. The molecule has 1 radical (unpaired) electrons. The molecule has 0 unspecified atom stereocenters. The number of nitrogens with zero attached hydrogens (tertiary/aromatic N) is 5. The molecule has 0 aliphatic carbocycles. The predicted molar refractivity (Wildman–Crippen MR) is 110 cm³/mol. The molecule has 1 saturated heterocycles. The lowest BCUT2D eigenvalue weighted by Crippen LogP contribution is -2.44. The van der Waals surface area contributed by atoms with Gasteiger partial charge in [0.2, 0.25) is 12.6 Å². The van der Waals surface area contributed by atoms with Crippen LogP contribution < -0.4 is 30.7 Å². The quantitative estimate of drug-likeness (QED) is 0.214. The lowest BCUT2D eigenvalue weighted by atomic mass is 10.1. The Labute approximate surface area is 182 Å². The number of aliphatic hydroxyl groups excluding tert-OH is 2. The first-order chi connectivity index (χ1) is 15.3. The number of nitrogens with one attached hydrogen (secondary N) is 1. The van der Waals surface area contributed by atoms with E-state index in [-0.39, 0.29) is 10.9 Å². The van der Waals surface area contributed by atoms with Gasteiger partial charge in [-0.1, -0.05) is 17.1 Å². The Balaban J connectivity index is 1.54. The number of benzene rings is 1. The Morgan fingerprint density at radius 2 is 2.03 bits per heavy atom. The number of ether oxygens (including phenoxy) is 1. The lowest BCUT2D eigenvalue weighted by Gasteiger charge is -2.16. The number of aromatic nitrogens is 2. The molecule has 3 heterocycles. The number of amides is 1. The zero-order chi connectivity index (χ0) is 23.0. The van der Waals surface area contributed by atoms with E-state index in [0.717, 1.165) is 5.56 Å². The Morgan fingerprint density at radius 1 is 1.31 bits per heavy atom. The summed E-state index contributed by atoms with van der Waals surface area (Å²) in [5.41, 5.74) is 7.67. The molecule has 1 amide bonds. The van der Waals surface area contributed by atoms with Crippen molar-refractivity contribution in [2.45, 2.75) is 38.0 Å². The molecule has 2 aliphatic heterocycles. The summed E-state index contributed by atoms with van der Waals surface area (Å²) in [6, 6.07) is 6.47. The van der Waals surface area contributed by atoms with Gasteiger partial charge in [0, 0.05) is 6.54 Å². The summed E-state index contributed by atoms with van der Waals surface area (Å²) in [5, 5.41) is 41.4. The van der Waals surface area contributed by atoms with Crippen LogP contribution in [0.4, 0.5) is 23.0 Å². The molecule has 2 aliphatic rings. The summed E-state index contributed by atoms with van der Waals surface area (Å²) in [7, 11) is 0. The van der Waals surface area contributed by atoms with Crippen molar-refractivity contribution in [1.29, 1.82) is 0 Å². The maximum atomic E-state index is 12.1. The first-order valence-electron chi connectivity index (χ1n) is 9.88. The average Bonchev–Trinajstić information content (AvgIpc) is 3.32. The monoisotopic (exact) mass is 446 g/mol. The number of carbonyl (C=O) groups is 1. The smallest absolute Gasteiger partial charge is 0.355 e. The molecule has 13 heteroatoms. The van der Waals surface area contributed by atoms with Gasteiger partial charge in [0.1, 0.15) is 12.2 Å². The van der Waals surface area contributed by atoms with Crippen LogP contribution in [0, 0.1) is 0 Å². The van der Waals surface area contributed by atoms with Gasteiger partial charge in [-0.2, -0.15) is 4.90 Å². The van der Waals surface area contributed by atoms with Gasteiger partial charge < -0.3 is 26.0 Å².